The van der Waals surface area contributed by atoms with Crippen LogP contribution in [0.2, 0.25) is 0 Å². The fourth-order valence-electron chi connectivity index (χ4n) is 5.09. The number of carbonyl (C=O) groups excluding carboxylic acids is 1. The average Bonchev–Trinajstić information content (AvgIpc) is 3.06. The van der Waals surface area contributed by atoms with Gasteiger partial charge in [-0.1, -0.05) is 0 Å². The minimum absolute atomic E-state index is 0.00882. The number of aliphatic carboxylic acids is 1. The van der Waals surface area contributed by atoms with E-state index >= 15 is 4.39 Å². The molecule has 0 bridgehead atoms. The fraction of sp³-hybridized carbons (Fsp3) is 0.444. The second-order valence-corrected chi connectivity index (χ2v) is 10.8. The number of halogens is 4. The van der Waals surface area contributed by atoms with Crippen LogP contribution in [0.4, 0.5) is 28.9 Å². The highest BCUT2D eigenvalue weighted by molar-refractivity contribution is 7.81. The number of carboxylic acids is 1. The number of thiol groups is 1. The van der Waals surface area contributed by atoms with Crippen molar-refractivity contribution in [3.05, 3.63) is 53.3 Å². The van der Waals surface area contributed by atoms with Gasteiger partial charge in [0.1, 0.15) is 5.54 Å². The van der Waals surface area contributed by atoms with Gasteiger partial charge in [0.2, 0.25) is 0 Å². The van der Waals surface area contributed by atoms with Gasteiger partial charge in [0, 0.05) is 17.4 Å². The molecule has 1 atom stereocenters. The van der Waals surface area contributed by atoms with Crippen LogP contribution in [-0.4, -0.2) is 59.2 Å². The van der Waals surface area contributed by atoms with E-state index in [1.165, 1.54) is 29.2 Å². The first-order valence-electron chi connectivity index (χ1n) is 12.5. The van der Waals surface area contributed by atoms with Crippen molar-refractivity contribution in [3.8, 4) is 11.8 Å². The molecule has 2 aliphatic rings. The highest BCUT2D eigenvalue weighted by atomic mass is 32.1. The van der Waals surface area contributed by atoms with E-state index < -0.39 is 46.0 Å². The molecule has 1 unspecified atom stereocenters. The lowest BCUT2D eigenvalue weighted by atomic mass is 9.98. The first kappa shape index (κ1) is 29.5. The van der Waals surface area contributed by atoms with Crippen LogP contribution in [0, 0.1) is 23.1 Å². The Hall–Kier alpha value is -3.50. The first-order chi connectivity index (χ1) is 18.7. The van der Waals surface area contributed by atoms with Gasteiger partial charge < -0.3 is 14.7 Å². The van der Waals surface area contributed by atoms with Gasteiger partial charge in [-0.2, -0.15) is 18.4 Å². The molecule has 1 amide bonds. The minimum Gasteiger partial charge on any atom is -0.490 e. The van der Waals surface area contributed by atoms with Gasteiger partial charge in [0.25, 0.3) is 5.91 Å². The third-order valence-electron chi connectivity index (χ3n) is 7.25. The molecule has 0 aliphatic carbocycles. The number of benzene rings is 2. The Morgan fingerprint density at radius 1 is 1.18 bits per heavy atom. The van der Waals surface area contributed by atoms with E-state index in [0.29, 0.717) is 13.1 Å². The van der Waals surface area contributed by atoms with E-state index in [-0.39, 0.29) is 36.2 Å². The number of nitriles is 1. The zero-order valence-electron chi connectivity index (χ0n) is 21.8. The zero-order chi connectivity index (χ0) is 29.4. The second kappa shape index (κ2) is 11.2. The molecule has 0 spiro atoms. The van der Waals surface area contributed by atoms with Crippen molar-refractivity contribution >= 4 is 35.9 Å². The van der Waals surface area contributed by atoms with Crippen LogP contribution < -0.4 is 14.5 Å². The molecule has 2 fully saturated rings. The molecule has 214 valence electrons. The third kappa shape index (κ3) is 5.83. The van der Waals surface area contributed by atoms with Crippen molar-refractivity contribution in [2.24, 2.45) is 5.92 Å². The SMILES string of the molecule is CC1(C)C(=O)N(c2ccc(C#N)c(C(F)(F)F)c2)C(S)N1c1ccc(OCC2CCN(CC(=O)O)CC2)c(F)c1. The molecule has 2 aliphatic heterocycles. The Kier molecular flexibility index (Phi) is 8.23. The Balaban J connectivity index is 1.51. The summed E-state index contributed by atoms with van der Waals surface area (Å²) in [7, 11) is 0. The van der Waals surface area contributed by atoms with Gasteiger partial charge in [0.15, 0.2) is 17.1 Å². The average molecular weight is 581 g/mol. The summed E-state index contributed by atoms with van der Waals surface area (Å²) in [6.07, 6.45) is -3.36. The number of nitrogens with zero attached hydrogens (tertiary/aromatic N) is 4. The van der Waals surface area contributed by atoms with Crippen molar-refractivity contribution < 1.29 is 37.0 Å². The lowest BCUT2D eigenvalue weighted by Crippen LogP contribution is -2.45. The van der Waals surface area contributed by atoms with Crippen LogP contribution in [0.5, 0.6) is 5.75 Å². The third-order valence-corrected chi connectivity index (χ3v) is 7.71. The lowest BCUT2D eigenvalue weighted by molar-refractivity contribution is -0.139. The van der Waals surface area contributed by atoms with Crippen LogP contribution in [0.25, 0.3) is 0 Å². The number of likely N-dealkylation sites (tertiary alicyclic amines) is 1. The molecular formula is C27H28F4N4O4S. The van der Waals surface area contributed by atoms with Crippen LogP contribution in [-0.2, 0) is 15.8 Å². The predicted octanol–water partition coefficient (Wildman–Crippen LogP) is 4.74. The van der Waals surface area contributed by atoms with E-state index in [0.717, 1.165) is 29.9 Å². The maximum atomic E-state index is 15.1. The number of ether oxygens (including phenoxy) is 1. The van der Waals surface area contributed by atoms with Crippen LogP contribution in [0.1, 0.15) is 37.8 Å². The largest absolute Gasteiger partial charge is 0.490 e. The van der Waals surface area contributed by atoms with Gasteiger partial charge in [-0.3, -0.25) is 19.4 Å². The molecule has 0 saturated carbocycles. The van der Waals surface area contributed by atoms with E-state index in [4.69, 9.17) is 15.1 Å². The molecule has 40 heavy (non-hydrogen) atoms. The number of piperidine rings is 1. The van der Waals surface area contributed by atoms with Crippen molar-refractivity contribution in [2.45, 2.75) is 43.9 Å². The Bertz CT molecular complexity index is 1340. The minimum atomic E-state index is -4.81. The summed E-state index contributed by atoms with van der Waals surface area (Å²) < 4.78 is 61.5. The van der Waals surface area contributed by atoms with Crippen molar-refractivity contribution in [3.63, 3.8) is 0 Å². The number of hydrogen-bond acceptors (Lipinski definition) is 7. The van der Waals surface area contributed by atoms with Gasteiger partial charge in [0.05, 0.1) is 30.3 Å². The van der Waals surface area contributed by atoms with Crippen molar-refractivity contribution in [2.75, 3.05) is 36.0 Å². The number of rotatable bonds is 7. The van der Waals surface area contributed by atoms with Crippen LogP contribution in [0.3, 0.4) is 0 Å². The number of amides is 1. The normalized spacial score (nSPS) is 20.1. The predicted molar refractivity (Wildman–Crippen MR) is 142 cm³/mol. The standard InChI is InChI=1S/C27H28F4N4O4S/c1-26(2)24(38)34(18-4-3-17(13-32)20(11-18)27(29,30)31)25(40)35(26)19-5-6-22(21(28)12-19)39-15-16-7-9-33(10-8-16)14-23(36)37/h3-6,11-12,16,25,40H,7-10,14-15H2,1-2H3,(H,36,37). The van der Waals surface area contributed by atoms with E-state index in [9.17, 15) is 22.8 Å². The van der Waals surface area contributed by atoms with Gasteiger partial charge in [-0.25, -0.2) is 4.39 Å². The summed E-state index contributed by atoms with van der Waals surface area (Å²) in [5.74, 6) is -1.96. The Morgan fingerprint density at radius 2 is 1.82 bits per heavy atom. The van der Waals surface area contributed by atoms with E-state index in [1.807, 2.05) is 4.90 Å². The summed E-state index contributed by atoms with van der Waals surface area (Å²) in [6.45, 7) is 4.59. The van der Waals surface area contributed by atoms with Gasteiger partial charge in [-0.05, 0) is 76.0 Å². The highest BCUT2D eigenvalue weighted by Crippen LogP contribution is 2.43. The quantitative estimate of drug-likeness (QED) is 0.361. The second-order valence-electron chi connectivity index (χ2n) is 10.3. The summed E-state index contributed by atoms with van der Waals surface area (Å²) in [5, 5.41) is 18.0. The molecule has 2 aromatic rings. The van der Waals surface area contributed by atoms with E-state index in [2.05, 4.69) is 12.6 Å². The molecule has 13 heteroatoms. The number of alkyl halides is 3. The molecule has 2 heterocycles. The number of anilines is 2. The molecule has 2 aromatic carbocycles. The topological polar surface area (TPSA) is 97.1 Å². The van der Waals surface area contributed by atoms with Crippen molar-refractivity contribution in [1.82, 2.24) is 4.90 Å². The summed E-state index contributed by atoms with van der Waals surface area (Å²) in [4.78, 5) is 28.7. The first-order valence-corrected chi connectivity index (χ1v) is 13.0. The molecule has 0 radical (unpaired) electrons. The maximum absolute atomic E-state index is 15.1. The molecule has 8 nitrogen and oxygen atoms in total. The van der Waals surface area contributed by atoms with Crippen LogP contribution in [0.15, 0.2) is 36.4 Å². The Morgan fingerprint density at radius 3 is 2.40 bits per heavy atom. The molecule has 1 N–H and O–H groups in total. The van der Waals surface area contributed by atoms with Gasteiger partial charge >= 0.3 is 12.1 Å². The smallest absolute Gasteiger partial charge is 0.417 e. The Labute approximate surface area is 234 Å². The number of carbonyl (C=O) groups is 2. The molecule has 2 saturated heterocycles. The van der Waals surface area contributed by atoms with Crippen molar-refractivity contribution in [1.29, 1.82) is 5.26 Å². The highest BCUT2D eigenvalue weighted by Gasteiger charge is 2.52. The van der Waals surface area contributed by atoms with Crippen LogP contribution >= 0.6 is 12.6 Å². The molecule has 0 aromatic heterocycles. The zero-order valence-corrected chi connectivity index (χ0v) is 22.7. The molecule has 4 rings (SSSR count). The fourth-order valence-corrected chi connectivity index (χ4v) is 5.75. The molecular weight excluding hydrogens is 552 g/mol. The van der Waals surface area contributed by atoms with E-state index in [1.54, 1.807) is 19.9 Å². The van der Waals surface area contributed by atoms with Gasteiger partial charge in [-0.15, -0.1) is 12.6 Å². The summed E-state index contributed by atoms with van der Waals surface area (Å²) >= 11 is 4.52. The lowest BCUT2D eigenvalue weighted by Gasteiger charge is -2.33. The summed E-state index contributed by atoms with van der Waals surface area (Å²) in [5.41, 5.74) is -3.93. The number of carboxylic acid groups (broad SMARTS) is 1. The number of hydrogen-bond donors (Lipinski definition) is 2. The maximum Gasteiger partial charge on any atom is 0.417 e. The monoisotopic (exact) mass is 580 g/mol. The summed E-state index contributed by atoms with van der Waals surface area (Å²) in [6, 6.07) is 8.67.